The summed E-state index contributed by atoms with van der Waals surface area (Å²) in [6.45, 7) is 0. The lowest BCUT2D eigenvalue weighted by Gasteiger charge is -2.38. The predicted molar refractivity (Wildman–Crippen MR) is 96.7 cm³/mol. The van der Waals surface area contributed by atoms with E-state index in [4.69, 9.17) is 0 Å². The summed E-state index contributed by atoms with van der Waals surface area (Å²) in [6, 6.07) is 9.66. The molecule has 120 valence electrons. The van der Waals surface area contributed by atoms with Crippen molar-refractivity contribution in [1.82, 2.24) is 4.90 Å². The first-order valence-corrected chi connectivity index (χ1v) is 10.7. The van der Waals surface area contributed by atoms with Gasteiger partial charge >= 0.3 is 0 Å². The summed E-state index contributed by atoms with van der Waals surface area (Å²) in [5, 5.41) is 0.764. The summed E-state index contributed by atoms with van der Waals surface area (Å²) in [4.78, 5) is 16.2. The number of amides is 1. The highest BCUT2D eigenvalue weighted by molar-refractivity contribution is 7.99. The Bertz CT molecular complexity index is 502. The zero-order chi connectivity index (χ0) is 15.5. The number of aryl methyl sites for hydroxylation is 1. The van der Waals surface area contributed by atoms with Crippen LogP contribution in [0.2, 0.25) is 0 Å². The molecule has 0 spiro atoms. The molecule has 3 rings (SSSR count). The summed E-state index contributed by atoms with van der Waals surface area (Å²) in [5.74, 6) is 0.376. The van der Waals surface area contributed by atoms with E-state index in [0.29, 0.717) is 24.4 Å². The fourth-order valence-electron chi connectivity index (χ4n) is 3.90. The van der Waals surface area contributed by atoms with E-state index in [-0.39, 0.29) is 0 Å². The maximum Gasteiger partial charge on any atom is 0.223 e. The molecule has 1 aromatic rings. The van der Waals surface area contributed by atoms with Crippen molar-refractivity contribution < 1.29 is 4.79 Å². The van der Waals surface area contributed by atoms with Gasteiger partial charge in [-0.05, 0) is 62.3 Å². The minimum Gasteiger partial charge on any atom is -0.337 e. The molecular weight excluding hydrogens is 310 g/mol. The number of fused-ring (bicyclic) bond motifs is 2. The van der Waals surface area contributed by atoms with Gasteiger partial charge in [-0.1, -0.05) is 12.1 Å². The molecule has 1 aromatic carbocycles. The molecule has 2 heterocycles. The predicted octanol–water partition coefficient (Wildman–Crippen LogP) is 4.23. The molecule has 2 atom stereocenters. The minimum atomic E-state index is 0.376. The van der Waals surface area contributed by atoms with Crippen LogP contribution in [0, 0.1) is 0 Å². The molecule has 2 aliphatic rings. The molecule has 0 aromatic heterocycles. The van der Waals surface area contributed by atoms with Crippen molar-refractivity contribution in [2.45, 2.75) is 60.8 Å². The monoisotopic (exact) mass is 335 g/mol. The zero-order valence-electron chi connectivity index (χ0n) is 13.5. The lowest BCUT2D eigenvalue weighted by Crippen LogP contribution is -2.47. The number of rotatable bonds is 5. The average molecular weight is 336 g/mol. The van der Waals surface area contributed by atoms with E-state index < -0.39 is 0 Å². The van der Waals surface area contributed by atoms with Crippen molar-refractivity contribution in [2.75, 3.05) is 12.5 Å². The van der Waals surface area contributed by atoms with Crippen LogP contribution in [0.5, 0.6) is 0 Å². The first-order valence-electron chi connectivity index (χ1n) is 8.18. The van der Waals surface area contributed by atoms with Crippen molar-refractivity contribution >= 4 is 29.4 Å². The lowest BCUT2D eigenvalue weighted by molar-refractivity contribution is -0.135. The molecule has 2 aliphatic heterocycles. The summed E-state index contributed by atoms with van der Waals surface area (Å²) in [6.07, 6.45) is 10.7. The highest BCUT2D eigenvalue weighted by Crippen LogP contribution is 2.39. The van der Waals surface area contributed by atoms with Gasteiger partial charge < -0.3 is 4.90 Å². The van der Waals surface area contributed by atoms with Gasteiger partial charge in [-0.2, -0.15) is 11.8 Å². The molecular formula is C18H25NOS2. The van der Waals surface area contributed by atoms with Gasteiger partial charge in [0.25, 0.3) is 0 Å². The third-order valence-corrected chi connectivity index (χ3v) is 6.89. The van der Waals surface area contributed by atoms with Crippen molar-refractivity contribution in [3.05, 3.63) is 29.8 Å². The van der Waals surface area contributed by atoms with Crippen molar-refractivity contribution in [3.8, 4) is 0 Å². The van der Waals surface area contributed by atoms with Crippen LogP contribution in [0.1, 0.15) is 37.7 Å². The maximum atomic E-state index is 12.7. The summed E-state index contributed by atoms with van der Waals surface area (Å²) < 4.78 is 0. The molecule has 0 unspecified atom stereocenters. The highest BCUT2D eigenvalue weighted by Gasteiger charge is 2.42. The second-order valence-electron chi connectivity index (χ2n) is 6.36. The van der Waals surface area contributed by atoms with Gasteiger partial charge in [-0.25, -0.2) is 0 Å². The number of carbonyl (C=O) groups excluding carboxylic acids is 1. The molecule has 2 saturated heterocycles. The van der Waals surface area contributed by atoms with Gasteiger partial charge in [0.1, 0.15) is 0 Å². The Morgan fingerprint density at radius 2 is 1.77 bits per heavy atom. The molecule has 1 amide bonds. The standard InChI is InChI=1S/C18H25NOS2/c1-21-16-8-3-13(4-9-16)5-10-18(20)19-14-6-7-15(19)12-17(11-14)22-2/h3-4,8-9,14-15,17H,5-7,10-12H2,1-2H3/t14-,15-/m0/s1. The van der Waals surface area contributed by atoms with Gasteiger partial charge in [0.15, 0.2) is 0 Å². The van der Waals surface area contributed by atoms with Crippen LogP contribution in [0.25, 0.3) is 0 Å². The minimum absolute atomic E-state index is 0.376. The van der Waals surface area contributed by atoms with Gasteiger partial charge in [0.05, 0.1) is 0 Å². The van der Waals surface area contributed by atoms with E-state index in [1.165, 1.54) is 36.1 Å². The zero-order valence-corrected chi connectivity index (χ0v) is 15.1. The normalized spacial score (nSPS) is 27.2. The van der Waals surface area contributed by atoms with Crippen LogP contribution in [-0.4, -0.2) is 40.7 Å². The number of hydrogen-bond donors (Lipinski definition) is 0. The van der Waals surface area contributed by atoms with E-state index in [1.54, 1.807) is 11.8 Å². The molecule has 0 N–H and O–H groups in total. The summed E-state index contributed by atoms with van der Waals surface area (Å²) in [7, 11) is 0. The Hall–Kier alpha value is -0.610. The molecule has 22 heavy (non-hydrogen) atoms. The van der Waals surface area contributed by atoms with Crippen molar-refractivity contribution in [3.63, 3.8) is 0 Å². The van der Waals surface area contributed by atoms with E-state index in [2.05, 4.69) is 41.7 Å². The van der Waals surface area contributed by atoms with Crippen LogP contribution < -0.4 is 0 Å². The lowest BCUT2D eigenvalue weighted by atomic mass is 10.0. The van der Waals surface area contributed by atoms with E-state index in [9.17, 15) is 4.79 Å². The smallest absolute Gasteiger partial charge is 0.223 e. The third kappa shape index (κ3) is 3.48. The van der Waals surface area contributed by atoms with Gasteiger partial charge in [-0.3, -0.25) is 4.79 Å². The van der Waals surface area contributed by atoms with Crippen LogP contribution >= 0.6 is 23.5 Å². The quantitative estimate of drug-likeness (QED) is 0.751. The average Bonchev–Trinajstić information content (AvgIpc) is 2.83. The maximum absolute atomic E-state index is 12.7. The topological polar surface area (TPSA) is 20.3 Å². The third-order valence-electron chi connectivity index (χ3n) is 5.10. The largest absolute Gasteiger partial charge is 0.337 e. The number of hydrogen-bond acceptors (Lipinski definition) is 3. The van der Waals surface area contributed by atoms with Crippen LogP contribution in [0.3, 0.4) is 0 Å². The Kier molecular flexibility index (Phi) is 5.40. The van der Waals surface area contributed by atoms with Gasteiger partial charge in [0.2, 0.25) is 5.91 Å². The van der Waals surface area contributed by atoms with Crippen LogP contribution in [0.15, 0.2) is 29.2 Å². The molecule has 0 aliphatic carbocycles. The van der Waals surface area contributed by atoms with Crippen LogP contribution in [0.4, 0.5) is 0 Å². The fourth-order valence-corrected chi connectivity index (χ4v) is 5.14. The van der Waals surface area contributed by atoms with E-state index >= 15 is 0 Å². The number of piperidine rings is 1. The molecule has 2 fully saturated rings. The van der Waals surface area contributed by atoms with E-state index in [1.807, 2.05) is 11.8 Å². The second-order valence-corrected chi connectivity index (χ2v) is 8.38. The number of benzene rings is 1. The molecule has 2 bridgehead atoms. The number of carbonyl (C=O) groups is 1. The van der Waals surface area contributed by atoms with Gasteiger partial charge in [-0.15, -0.1) is 11.8 Å². The summed E-state index contributed by atoms with van der Waals surface area (Å²) >= 11 is 3.74. The fraction of sp³-hybridized carbons (Fsp3) is 0.611. The molecule has 0 radical (unpaired) electrons. The highest BCUT2D eigenvalue weighted by atomic mass is 32.2. The SMILES string of the molecule is CSc1ccc(CCC(=O)N2[C@H]3CC[C@H]2CC(SC)C3)cc1. The van der Waals surface area contributed by atoms with Crippen molar-refractivity contribution in [2.24, 2.45) is 0 Å². The molecule has 2 nitrogen and oxygen atoms in total. The first-order chi connectivity index (χ1) is 10.7. The number of thioether (sulfide) groups is 2. The summed E-state index contributed by atoms with van der Waals surface area (Å²) in [5.41, 5.74) is 1.28. The Morgan fingerprint density at radius 3 is 2.32 bits per heavy atom. The molecule has 4 heteroatoms. The Balaban J connectivity index is 1.56. The Labute approximate surface area is 142 Å². The molecule has 0 saturated carbocycles. The van der Waals surface area contributed by atoms with Gasteiger partial charge in [0, 0.05) is 28.6 Å². The van der Waals surface area contributed by atoms with Crippen molar-refractivity contribution in [1.29, 1.82) is 0 Å². The second kappa shape index (κ2) is 7.31. The Morgan fingerprint density at radius 1 is 1.14 bits per heavy atom. The first kappa shape index (κ1) is 16.3. The number of nitrogens with zero attached hydrogens (tertiary/aromatic N) is 1. The van der Waals surface area contributed by atoms with E-state index in [0.717, 1.165) is 11.7 Å². The van der Waals surface area contributed by atoms with Crippen LogP contribution in [-0.2, 0) is 11.2 Å².